The highest BCUT2D eigenvalue weighted by atomic mass is 35.5. The molecule has 1 aliphatic carbocycles. The first kappa shape index (κ1) is 14.5. The van der Waals surface area contributed by atoms with Gasteiger partial charge in [0.2, 0.25) is 0 Å². The lowest BCUT2D eigenvalue weighted by molar-refractivity contribution is 0.0827. The Bertz CT molecular complexity index is 800. The van der Waals surface area contributed by atoms with Gasteiger partial charge in [-0.3, -0.25) is 4.79 Å². The van der Waals surface area contributed by atoms with Crippen molar-refractivity contribution >= 4 is 17.5 Å². The number of hydrogen-bond acceptors (Lipinski definition) is 3. The van der Waals surface area contributed by atoms with Gasteiger partial charge in [0.1, 0.15) is 17.0 Å². The molecule has 2 aromatic rings. The number of ether oxygens (including phenoxy) is 1. The highest BCUT2D eigenvalue weighted by Gasteiger charge is 2.39. The molecule has 0 bridgehead atoms. The molecule has 1 atom stereocenters. The summed E-state index contributed by atoms with van der Waals surface area (Å²) in [4.78, 5) is 18.4. The zero-order valence-electron chi connectivity index (χ0n) is 13.0. The summed E-state index contributed by atoms with van der Waals surface area (Å²) in [6, 6.07) is 7.50. The molecule has 0 radical (unpaired) electrons. The molecule has 4 rings (SSSR count). The largest absolute Gasteiger partial charge is 0.485 e. The van der Waals surface area contributed by atoms with Crippen LogP contribution >= 0.6 is 11.6 Å². The van der Waals surface area contributed by atoms with E-state index in [0.29, 0.717) is 16.6 Å². The highest BCUT2D eigenvalue weighted by Crippen LogP contribution is 2.52. The predicted octanol–water partition coefficient (Wildman–Crippen LogP) is 3.95. The molecule has 1 fully saturated rings. The van der Waals surface area contributed by atoms with Gasteiger partial charge in [0.05, 0.1) is 5.56 Å². The normalized spacial score (nSPS) is 18.7. The van der Waals surface area contributed by atoms with Crippen molar-refractivity contribution in [3.8, 4) is 16.9 Å². The van der Waals surface area contributed by atoms with Crippen LogP contribution in [0.15, 0.2) is 30.5 Å². The van der Waals surface area contributed by atoms with Crippen LogP contribution in [-0.2, 0) is 0 Å². The zero-order valence-corrected chi connectivity index (χ0v) is 13.8. The topological polar surface area (TPSA) is 42.4 Å². The van der Waals surface area contributed by atoms with Crippen molar-refractivity contribution < 1.29 is 9.53 Å². The van der Waals surface area contributed by atoms with Crippen molar-refractivity contribution in [2.45, 2.75) is 18.9 Å². The lowest BCUT2D eigenvalue weighted by Gasteiger charge is -2.30. The minimum absolute atomic E-state index is 0.00251. The van der Waals surface area contributed by atoms with Crippen LogP contribution in [0.25, 0.3) is 11.1 Å². The SMILES string of the molecule is CN(C)C(=O)c1cccc2c1-c1cnc(Cl)cc1C(C1CC1)O2. The second-order valence-corrected chi connectivity index (χ2v) is 6.74. The first-order valence-corrected chi connectivity index (χ1v) is 8.11. The summed E-state index contributed by atoms with van der Waals surface area (Å²) in [6.07, 6.45) is 4.09. The van der Waals surface area contributed by atoms with Gasteiger partial charge in [-0.05, 0) is 31.0 Å². The van der Waals surface area contributed by atoms with Crippen LogP contribution in [0, 0.1) is 5.92 Å². The molecule has 2 heterocycles. The smallest absolute Gasteiger partial charge is 0.254 e. The fraction of sp³-hybridized carbons (Fsp3) is 0.333. The molecule has 1 aromatic carbocycles. The van der Waals surface area contributed by atoms with Crippen LogP contribution in [0.1, 0.15) is 34.9 Å². The van der Waals surface area contributed by atoms with E-state index in [-0.39, 0.29) is 12.0 Å². The van der Waals surface area contributed by atoms with E-state index in [9.17, 15) is 4.79 Å². The summed E-state index contributed by atoms with van der Waals surface area (Å²) in [5.41, 5.74) is 3.45. The summed E-state index contributed by atoms with van der Waals surface area (Å²) in [5.74, 6) is 1.23. The van der Waals surface area contributed by atoms with Gasteiger partial charge in [0.15, 0.2) is 0 Å². The molecular weight excluding hydrogens is 312 g/mol. The first-order chi connectivity index (χ1) is 11.1. The average molecular weight is 329 g/mol. The van der Waals surface area contributed by atoms with E-state index < -0.39 is 0 Å². The molecule has 0 N–H and O–H groups in total. The van der Waals surface area contributed by atoms with Crippen LogP contribution in [-0.4, -0.2) is 29.9 Å². The molecule has 1 saturated carbocycles. The molecular formula is C18H17ClN2O2. The second-order valence-electron chi connectivity index (χ2n) is 6.35. The molecule has 118 valence electrons. The number of nitrogens with zero attached hydrogens (tertiary/aromatic N) is 2. The number of amides is 1. The van der Waals surface area contributed by atoms with Gasteiger partial charge in [-0.15, -0.1) is 0 Å². The number of carbonyl (C=O) groups is 1. The van der Waals surface area contributed by atoms with Crippen molar-refractivity contribution in [1.29, 1.82) is 0 Å². The summed E-state index contributed by atoms with van der Waals surface area (Å²) >= 11 is 6.11. The molecule has 4 nitrogen and oxygen atoms in total. The first-order valence-electron chi connectivity index (χ1n) is 7.73. The molecule has 1 aliphatic heterocycles. The Labute approximate surface area is 140 Å². The van der Waals surface area contributed by atoms with Crippen molar-refractivity contribution in [3.63, 3.8) is 0 Å². The number of halogens is 1. The minimum Gasteiger partial charge on any atom is -0.485 e. The third kappa shape index (κ3) is 2.38. The van der Waals surface area contributed by atoms with Gasteiger partial charge in [-0.1, -0.05) is 17.7 Å². The third-order valence-corrected chi connectivity index (χ3v) is 4.65. The van der Waals surface area contributed by atoms with Gasteiger partial charge in [-0.2, -0.15) is 0 Å². The quantitative estimate of drug-likeness (QED) is 0.784. The molecule has 2 aliphatic rings. The van der Waals surface area contributed by atoms with E-state index in [2.05, 4.69) is 4.98 Å². The fourth-order valence-electron chi connectivity index (χ4n) is 3.16. The van der Waals surface area contributed by atoms with Crippen LogP contribution in [0.2, 0.25) is 5.15 Å². The maximum atomic E-state index is 12.5. The molecule has 0 saturated heterocycles. The van der Waals surface area contributed by atoms with Crippen molar-refractivity contribution in [3.05, 3.63) is 46.7 Å². The van der Waals surface area contributed by atoms with E-state index in [1.54, 1.807) is 25.2 Å². The molecule has 1 aromatic heterocycles. The van der Waals surface area contributed by atoms with E-state index in [0.717, 1.165) is 35.3 Å². The molecule has 0 spiro atoms. The Morgan fingerprint density at radius 3 is 2.83 bits per heavy atom. The Balaban J connectivity index is 1.94. The van der Waals surface area contributed by atoms with Gasteiger partial charge < -0.3 is 9.64 Å². The van der Waals surface area contributed by atoms with E-state index in [1.807, 2.05) is 24.3 Å². The second kappa shape index (κ2) is 5.24. The summed E-state index contributed by atoms with van der Waals surface area (Å²) in [7, 11) is 3.50. The predicted molar refractivity (Wildman–Crippen MR) is 88.8 cm³/mol. The third-order valence-electron chi connectivity index (χ3n) is 4.45. The fourth-order valence-corrected chi connectivity index (χ4v) is 3.33. The van der Waals surface area contributed by atoms with Gasteiger partial charge >= 0.3 is 0 Å². The van der Waals surface area contributed by atoms with Gasteiger partial charge in [-0.25, -0.2) is 4.98 Å². The van der Waals surface area contributed by atoms with E-state index >= 15 is 0 Å². The molecule has 23 heavy (non-hydrogen) atoms. The summed E-state index contributed by atoms with van der Waals surface area (Å²) in [5, 5.41) is 0.456. The summed E-state index contributed by atoms with van der Waals surface area (Å²) < 4.78 is 6.25. The number of hydrogen-bond donors (Lipinski definition) is 0. The monoisotopic (exact) mass is 328 g/mol. The number of rotatable bonds is 2. The number of aromatic nitrogens is 1. The van der Waals surface area contributed by atoms with Gasteiger partial charge in [0, 0.05) is 42.9 Å². The Kier molecular flexibility index (Phi) is 3.31. The van der Waals surface area contributed by atoms with Crippen LogP contribution in [0.5, 0.6) is 5.75 Å². The minimum atomic E-state index is -0.0452. The molecule has 1 unspecified atom stereocenters. The Morgan fingerprint density at radius 2 is 2.13 bits per heavy atom. The number of carbonyl (C=O) groups excluding carboxylic acids is 1. The van der Waals surface area contributed by atoms with Crippen molar-refractivity contribution in [2.24, 2.45) is 5.92 Å². The van der Waals surface area contributed by atoms with Crippen molar-refractivity contribution in [1.82, 2.24) is 9.88 Å². The average Bonchev–Trinajstić information content (AvgIpc) is 3.37. The van der Waals surface area contributed by atoms with Crippen LogP contribution in [0.4, 0.5) is 0 Å². The van der Waals surface area contributed by atoms with Crippen molar-refractivity contribution in [2.75, 3.05) is 14.1 Å². The lowest BCUT2D eigenvalue weighted by atomic mass is 9.89. The Hall–Kier alpha value is -2.07. The maximum Gasteiger partial charge on any atom is 0.254 e. The maximum absolute atomic E-state index is 12.5. The van der Waals surface area contributed by atoms with Crippen LogP contribution in [0.3, 0.4) is 0 Å². The van der Waals surface area contributed by atoms with E-state index in [1.165, 1.54) is 0 Å². The number of pyridine rings is 1. The summed E-state index contributed by atoms with van der Waals surface area (Å²) in [6.45, 7) is 0. The van der Waals surface area contributed by atoms with Gasteiger partial charge in [0.25, 0.3) is 5.91 Å². The lowest BCUT2D eigenvalue weighted by Crippen LogP contribution is -2.24. The van der Waals surface area contributed by atoms with E-state index in [4.69, 9.17) is 16.3 Å². The number of fused-ring (bicyclic) bond motifs is 3. The Morgan fingerprint density at radius 1 is 1.35 bits per heavy atom. The zero-order chi connectivity index (χ0) is 16.1. The molecule has 5 heteroatoms. The van der Waals surface area contributed by atoms with Crippen LogP contribution < -0.4 is 4.74 Å². The highest BCUT2D eigenvalue weighted by molar-refractivity contribution is 6.29. The number of benzene rings is 1. The molecule has 1 amide bonds. The standard InChI is InChI=1S/C18H17ClN2O2/c1-21(2)18(22)11-4-3-5-14-16(11)13-9-20-15(19)8-12(13)17(23-14)10-6-7-10/h3-5,8-10,17H,6-7H2,1-2H3.